The van der Waals surface area contributed by atoms with Gasteiger partial charge in [0.2, 0.25) is 0 Å². The van der Waals surface area contributed by atoms with E-state index in [1.165, 1.54) is 10.6 Å². The van der Waals surface area contributed by atoms with Crippen molar-refractivity contribution in [2.75, 3.05) is 13.1 Å². The number of carbonyl (C=O) groups is 2. The molecule has 1 aromatic heterocycles. The van der Waals surface area contributed by atoms with Gasteiger partial charge in [-0.3, -0.25) is 18.6 Å². The fourth-order valence-electron chi connectivity index (χ4n) is 4.32. The lowest BCUT2D eigenvalue weighted by molar-refractivity contribution is 0.0695. The Morgan fingerprint density at radius 1 is 1.06 bits per heavy atom. The van der Waals surface area contributed by atoms with Crippen molar-refractivity contribution in [3.63, 3.8) is 0 Å². The molecule has 1 aromatic carbocycles. The van der Waals surface area contributed by atoms with Crippen LogP contribution < -0.4 is 10.9 Å². The molecule has 4 rings (SSSR count). The van der Waals surface area contributed by atoms with Gasteiger partial charge in [-0.05, 0) is 58.2 Å². The summed E-state index contributed by atoms with van der Waals surface area (Å²) in [5, 5.41) is 2.79. The standard InChI is InChI=1S/C25H31N3O4S/c1-17-5-7-18(8-6-17)15-26-21(29)19-9-10-20-23(31)27(13-14-28(20)22(19)30)16-25(11-12-25)33(32)24(2,3)4/h5-10H,11-16H2,1-4H3,(H,26,29). The van der Waals surface area contributed by atoms with Crippen molar-refractivity contribution in [1.82, 2.24) is 14.8 Å². The molecular weight excluding hydrogens is 438 g/mol. The summed E-state index contributed by atoms with van der Waals surface area (Å²) in [5.74, 6) is -0.703. The Kier molecular flexibility index (Phi) is 6.07. The summed E-state index contributed by atoms with van der Waals surface area (Å²) in [7, 11) is -1.06. The second-order valence-electron chi connectivity index (χ2n) is 10.0. The molecule has 0 saturated heterocycles. The van der Waals surface area contributed by atoms with E-state index >= 15 is 0 Å². The fraction of sp³-hybridized carbons (Fsp3) is 0.480. The number of amides is 2. The second-order valence-corrected chi connectivity index (χ2v) is 12.7. The topological polar surface area (TPSA) is 88.5 Å². The van der Waals surface area contributed by atoms with Gasteiger partial charge in [-0.1, -0.05) is 29.8 Å². The van der Waals surface area contributed by atoms with Crippen LogP contribution in [0.25, 0.3) is 0 Å². The molecular formula is C25H31N3O4S. The van der Waals surface area contributed by atoms with Crippen LogP contribution in [-0.4, -0.2) is 48.1 Å². The van der Waals surface area contributed by atoms with Crippen LogP contribution in [0, 0.1) is 6.92 Å². The van der Waals surface area contributed by atoms with Crippen LogP contribution in [0.4, 0.5) is 0 Å². The largest absolute Gasteiger partial charge is 0.348 e. The Bertz CT molecular complexity index is 1170. The molecule has 1 unspecified atom stereocenters. The van der Waals surface area contributed by atoms with Gasteiger partial charge in [-0.2, -0.15) is 0 Å². The van der Waals surface area contributed by atoms with Crippen LogP contribution in [0.15, 0.2) is 41.2 Å². The highest BCUT2D eigenvalue weighted by Crippen LogP contribution is 2.46. The lowest BCUT2D eigenvalue weighted by Gasteiger charge is -2.34. The molecule has 0 spiro atoms. The molecule has 7 nitrogen and oxygen atoms in total. The predicted octanol–water partition coefficient (Wildman–Crippen LogP) is 2.62. The Labute approximate surface area is 196 Å². The van der Waals surface area contributed by atoms with Crippen LogP contribution in [0.3, 0.4) is 0 Å². The number of nitrogens with one attached hydrogen (secondary N) is 1. The molecule has 1 saturated carbocycles. The number of fused-ring (bicyclic) bond motifs is 1. The first kappa shape index (κ1) is 23.4. The fourth-order valence-corrected chi connectivity index (χ4v) is 6.36. The van der Waals surface area contributed by atoms with E-state index in [9.17, 15) is 18.6 Å². The van der Waals surface area contributed by atoms with Gasteiger partial charge in [-0.25, -0.2) is 0 Å². The normalized spacial score (nSPS) is 17.9. The predicted molar refractivity (Wildman–Crippen MR) is 129 cm³/mol. The molecule has 1 aliphatic carbocycles. The zero-order valence-corrected chi connectivity index (χ0v) is 20.5. The number of rotatable bonds is 6. The summed E-state index contributed by atoms with van der Waals surface area (Å²) in [6, 6.07) is 10.8. The second kappa shape index (κ2) is 8.56. The Balaban J connectivity index is 1.48. The van der Waals surface area contributed by atoms with Crippen LogP contribution in [-0.2, 0) is 23.9 Å². The van der Waals surface area contributed by atoms with Crippen LogP contribution in [0.2, 0.25) is 0 Å². The van der Waals surface area contributed by atoms with E-state index in [-0.39, 0.29) is 26.7 Å². The molecule has 0 radical (unpaired) electrons. The van der Waals surface area contributed by atoms with E-state index in [1.807, 2.05) is 52.0 Å². The Morgan fingerprint density at radius 3 is 2.33 bits per heavy atom. The maximum Gasteiger partial charge on any atom is 0.270 e. The summed E-state index contributed by atoms with van der Waals surface area (Å²) in [4.78, 5) is 40.5. The summed E-state index contributed by atoms with van der Waals surface area (Å²) >= 11 is 0. The van der Waals surface area contributed by atoms with E-state index in [1.54, 1.807) is 11.0 Å². The van der Waals surface area contributed by atoms with Gasteiger partial charge in [0.25, 0.3) is 17.4 Å². The third-order valence-corrected chi connectivity index (χ3v) is 8.76. The first-order chi connectivity index (χ1) is 15.5. The first-order valence-electron chi connectivity index (χ1n) is 11.3. The van der Waals surface area contributed by atoms with Crippen molar-refractivity contribution < 1.29 is 13.8 Å². The van der Waals surface area contributed by atoms with Crippen molar-refractivity contribution in [2.24, 2.45) is 0 Å². The summed E-state index contributed by atoms with van der Waals surface area (Å²) in [6.07, 6.45) is 1.68. The zero-order chi connectivity index (χ0) is 24.0. The number of aromatic nitrogens is 1. The molecule has 2 aromatic rings. The van der Waals surface area contributed by atoms with Crippen molar-refractivity contribution in [3.8, 4) is 0 Å². The van der Waals surface area contributed by atoms with Gasteiger partial charge in [0.1, 0.15) is 11.3 Å². The highest BCUT2D eigenvalue weighted by atomic mass is 32.2. The number of pyridine rings is 1. The number of carbonyl (C=O) groups excluding carboxylic acids is 2. The minimum Gasteiger partial charge on any atom is -0.348 e. The molecule has 0 bridgehead atoms. The molecule has 2 amide bonds. The van der Waals surface area contributed by atoms with Crippen molar-refractivity contribution >= 4 is 22.6 Å². The van der Waals surface area contributed by atoms with E-state index in [4.69, 9.17) is 0 Å². The summed E-state index contributed by atoms with van der Waals surface area (Å²) in [5.41, 5.74) is 1.92. The molecule has 176 valence electrons. The number of nitrogens with zero attached hydrogens (tertiary/aromatic N) is 2. The monoisotopic (exact) mass is 469 g/mol. The maximum absolute atomic E-state index is 13.1. The molecule has 2 aliphatic rings. The molecule has 8 heteroatoms. The molecule has 1 atom stereocenters. The van der Waals surface area contributed by atoms with Gasteiger partial charge in [0.05, 0.1) is 4.75 Å². The average molecular weight is 470 g/mol. The lowest BCUT2D eigenvalue weighted by Crippen LogP contribution is -2.50. The van der Waals surface area contributed by atoms with Crippen molar-refractivity contribution in [2.45, 2.75) is 63.1 Å². The number of hydrogen-bond donors (Lipinski definition) is 1. The third kappa shape index (κ3) is 4.67. The quantitative estimate of drug-likeness (QED) is 0.704. The smallest absolute Gasteiger partial charge is 0.270 e. The molecule has 1 aliphatic heterocycles. The lowest BCUT2D eigenvalue weighted by atomic mass is 10.1. The van der Waals surface area contributed by atoms with Gasteiger partial charge in [-0.15, -0.1) is 0 Å². The van der Waals surface area contributed by atoms with E-state index in [2.05, 4.69) is 5.32 Å². The molecule has 1 N–H and O–H groups in total. The Morgan fingerprint density at radius 2 is 1.73 bits per heavy atom. The van der Waals surface area contributed by atoms with Crippen LogP contribution >= 0.6 is 0 Å². The van der Waals surface area contributed by atoms with Gasteiger partial charge < -0.3 is 14.8 Å². The highest BCUT2D eigenvalue weighted by molar-refractivity contribution is 7.88. The third-order valence-electron chi connectivity index (χ3n) is 6.33. The van der Waals surface area contributed by atoms with Crippen LogP contribution in [0.1, 0.15) is 65.6 Å². The van der Waals surface area contributed by atoms with E-state index in [0.717, 1.165) is 24.0 Å². The zero-order valence-electron chi connectivity index (χ0n) is 19.6. The molecule has 1 fully saturated rings. The van der Waals surface area contributed by atoms with E-state index in [0.29, 0.717) is 26.2 Å². The van der Waals surface area contributed by atoms with E-state index < -0.39 is 22.3 Å². The molecule has 2 heterocycles. The van der Waals surface area contributed by atoms with Crippen LogP contribution in [0.5, 0.6) is 0 Å². The first-order valence-corrected chi connectivity index (χ1v) is 12.5. The SMILES string of the molecule is Cc1ccc(CNC(=O)c2ccc3n(c2=O)CCN(CC2(S(=O)C(C)(C)C)CC2)C3=O)cc1. The maximum atomic E-state index is 13.1. The summed E-state index contributed by atoms with van der Waals surface area (Å²) in [6.45, 7) is 9.31. The minimum absolute atomic E-state index is 0.0274. The highest BCUT2D eigenvalue weighted by Gasteiger charge is 2.53. The van der Waals surface area contributed by atoms with Crippen molar-refractivity contribution in [3.05, 3.63) is 69.1 Å². The molecule has 33 heavy (non-hydrogen) atoms. The van der Waals surface area contributed by atoms with Crippen molar-refractivity contribution in [1.29, 1.82) is 0 Å². The number of aryl methyl sites for hydroxylation is 1. The average Bonchev–Trinajstić information content (AvgIpc) is 3.55. The number of benzene rings is 1. The van der Waals surface area contributed by atoms with Gasteiger partial charge in [0.15, 0.2) is 0 Å². The number of hydrogen-bond acceptors (Lipinski definition) is 4. The van der Waals surface area contributed by atoms with Gasteiger partial charge >= 0.3 is 0 Å². The summed E-state index contributed by atoms with van der Waals surface area (Å²) < 4.78 is 13.7. The Hall–Kier alpha value is -2.74. The minimum atomic E-state index is -1.06. The van der Waals surface area contributed by atoms with Gasteiger partial charge in [0, 0.05) is 41.7 Å².